The highest BCUT2D eigenvalue weighted by Gasteiger charge is 2.24. The summed E-state index contributed by atoms with van der Waals surface area (Å²) in [4.78, 5) is 14.4. The summed E-state index contributed by atoms with van der Waals surface area (Å²) < 4.78 is 34.1. The molecule has 0 radical (unpaired) electrons. The van der Waals surface area contributed by atoms with Crippen LogP contribution in [0.3, 0.4) is 0 Å². The number of nitrogens with one attached hydrogen (secondary N) is 1. The smallest absolute Gasteiger partial charge is 0.240 e. The van der Waals surface area contributed by atoms with E-state index in [0.717, 1.165) is 34.2 Å². The lowest BCUT2D eigenvalue weighted by Crippen LogP contribution is -2.42. The van der Waals surface area contributed by atoms with E-state index in [1.807, 2.05) is 19.9 Å². The number of piperidine rings is 1. The Hall–Kier alpha value is -1.90. The number of hydrogen-bond donors (Lipinski definition) is 1. The SMILES string of the molecule is Cc1ccc(C)c(OC2CCN(C(=O)CCNS(=O)(=O)c3ccc(Br)cc3)CC2)c1. The molecule has 0 aromatic heterocycles. The van der Waals surface area contributed by atoms with Gasteiger partial charge in [0.2, 0.25) is 15.9 Å². The standard InChI is InChI=1S/C22H27BrN2O4S/c1-16-3-4-17(2)21(15-16)29-19-10-13-25(14-11-19)22(26)9-12-24-30(27,28)20-7-5-18(23)6-8-20/h3-8,15,19,24H,9-14H2,1-2H3. The van der Waals surface area contributed by atoms with Crippen molar-refractivity contribution in [2.45, 2.75) is 44.1 Å². The van der Waals surface area contributed by atoms with Crippen molar-refractivity contribution in [3.8, 4) is 5.75 Å². The zero-order chi connectivity index (χ0) is 21.7. The van der Waals surface area contributed by atoms with Gasteiger partial charge >= 0.3 is 0 Å². The van der Waals surface area contributed by atoms with Crippen LogP contribution in [0.2, 0.25) is 0 Å². The summed E-state index contributed by atoms with van der Waals surface area (Å²) in [5, 5.41) is 0. The Bertz CT molecular complexity index is 985. The van der Waals surface area contributed by atoms with Crippen LogP contribution in [0.15, 0.2) is 51.8 Å². The fraction of sp³-hybridized carbons (Fsp3) is 0.409. The van der Waals surface area contributed by atoms with E-state index in [0.29, 0.717) is 13.1 Å². The quantitative estimate of drug-likeness (QED) is 0.634. The Morgan fingerprint density at radius 1 is 1.13 bits per heavy atom. The Labute approximate surface area is 186 Å². The fourth-order valence-corrected chi connectivity index (χ4v) is 4.68. The molecule has 0 bridgehead atoms. The van der Waals surface area contributed by atoms with Crippen molar-refractivity contribution in [3.05, 3.63) is 58.1 Å². The van der Waals surface area contributed by atoms with Crippen molar-refractivity contribution in [3.63, 3.8) is 0 Å². The molecule has 1 fully saturated rings. The minimum atomic E-state index is -3.62. The summed E-state index contributed by atoms with van der Waals surface area (Å²) in [7, 11) is -3.62. The first-order chi connectivity index (χ1) is 14.2. The molecule has 2 aromatic carbocycles. The zero-order valence-electron chi connectivity index (χ0n) is 17.2. The molecular weight excluding hydrogens is 468 g/mol. The zero-order valence-corrected chi connectivity index (χ0v) is 19.6. The average molecular weight is 495 g/mol. The van der Waals surface area contributed by atoms with Crippen molar-refractivity contribution >= 4 is 31.9 Å². The molecule has 30 heavy (non-hydrogen) atoms. The van der Waals surface area contributed by atoms with Crippen LogP contribution in [0.5, 0.6) is 5.75 Å². The first kappa shape index (κ1) is 22.8. The maximum atomic E-state index is 12.5. The Morgan fingerprint density at radius 3 is 2.47 bits per heavy atom. The molecule has 1 saturated heterocycles. The van der Waals surface area contributed by atoms with E-state index in [9.17, 15) is 13.2 Å². The fourth-order valence-electron chi connectivity index (χ4n) is 3.38. The molecule has 0 spiro atoms. The third kappa shape index (κ3) is 6.06. The second-order valence-electron chi connectivity index (χ2n) is 7.57. The predicted molar refractivity (Wildman–Crippen MR) is 120 cm³/mol. The number of halogens is 1. The monoisotopic (exact) mass is 494 g/mol. The molecule has 0 aliphatic carbocycles. The van der Waals surface area contributed by atoms with Crippen LogP contribution < -0.4 is 9.46 Å². The third-order valence-corrected chi connectivity index (χ3v) is 7.19. The molecule has 0 unspecified atom stereocenters. The summed E-state index contributed by atoms with van der Waals surface area (Å²) >= 11 is 3.28. The summed E-state index contributed by atoms with van der Waals surface area (Å²) in [6, 6.07) is 12.6. The summed E-state index contributed by atoms with van der Waals surface area (Å²) in [5.41, 5.74) is 2.27. The van der Waals surface area contributed by atoms with Gasteiger partial charge in [0.1, 0.15) is 11.9 Å². The van der Waals surface area contributed by atoms with Gasteiger partial charge in [-0.3, -0.25) is 4.79 Å². The molecule has 1 amide bonds. The van der Waals surface area contributed by atoms with Crippen molar-refractivity contribution in [1.82, 2.24) is 9.62 Å². The van der Waals surface area contributed by atoms with Crippen LogP contribution >= 0.6 is 15.9 Å². The highest BCUT2D eigenvalue weighted by atomic mass is 79.9. The van der Waals surface area contributed by atoms with E-state index in [1.165, 1.54) is 12.1 Å². The van der Waals surface area contributed by atoms with Gasteiger partial charge in [-0.1, -0.05) is 28.1 Å². The Morgan fingerprint density at radius 2 is 1.80 bits per heavy atom. The number of sulfonamides is 1. The van der Waals surface area contributed by atoms with Crippen LogP contribution in [0.25, 0.3) is 0 Å². The number of carbonyl (C=O) groups is 1. The molecule has 8 heteroatoms. The number of ether oxygens (including phenoxy) is 1. The molecule has 0 atom stereocenters. The lowest BCUT2D eigenvalue weighted by molar-refractivity contribution is -0.132. The normalized spacial score (nSPS) is 15.2. The van der Waals surface area contributed by atoms with Gasteiger partial charge in [-0.2, -0.15) is 0 Å². The lowest BCUT2D eigenvalue weighted by Gasteiger charge is -2.32. The first-order valence-electron chi connectivity index (χ1n) is 10.0. The molecule has 1 heterocycles. The Balaban J connectivity index is 1.44. The molecule has 6 nitrogen and oxygen atoms in total. The van der Waals surface area contributed by atoms with Crippen molar-refractivity contribution in [2.75, 3.05) is 19.6 Å². The summed E-state index contributed by atoms with van der Waals surface area (Å²) in [6.45, 7) is 5.39. The van der Waals surface area contributed by atoms with Crippen molar-refractivity contribution in [2.24, 2.45) is 0 Å². The number of rotatable bonds is 7. The van der Waals surface area contributed by atoms with E-state index in [2.05, 4.69) is 32.8 Å². The first-order valence-corrected chi connectivity index (χ1v) is 12.3. The minimum Gasteiger partial charge on any atom is -0.490 e. The maximum absolute atomic E-state index is 12.5. The largest absolute Gasteiger partial charge is 0.490 e. The summed E-state index contributed by atoms with van der Waals surface area (Å²) in [6.07, 6.45) is 1.76. The Kier molecular flexibility index (Phi) is 7.55. The van der Waals surface area contributed by atoms with Crippen LogP contribution in [0.1, 0.15) is 30.4 Å². The van der Waals surface area contributed by atoms with E-state index in [4.69, 9.17) is 4.74 Å². The van der Waals surface area contributed by atoms with Gasteiger partial charge in [0.05, 0.1) is 4.90 Å². The predicted octanol–water partition coefficient (Wildman–Crippen LogP) is 3.80. The molecule has 1 N–H and O–H groups in total. The molecule has 2 aromatic rings. The number of hydrogen-bond acceptors (Lipinski definition) is 4. The average Bonchev–Trinajstić information content (AvgIpc) is 2.71. The molecular formula is C22H27BrN2O4S. The van der Waals surface area contributed by atoms with Crippen LogP contribution in [0, 0.1) is 13.8 Å². The highest BCUT2D eigenvalue weighted by Crippen LogP contribution is 2.24. The van der Waals surface area contributed by atoms with Gasteiger partial charge in [0.15, 0.2) is 0 Å². The number of carbonyl (C=O) groups excluding carboxylic acids is 1. The van der Waals surface area contributed by atoms with Gasteiger partial charge in [-0.15, -0.1) is 0 Å². The van der Waals surface area contributed by atoms with Gasteiger partial charge in [-0.05, 0) is 55.3 Å². The van der Waals surface area contributed by atoms with E-state index >= 15 is 0 Å². The lowest BCUT2D eigenvalue weighted by atomic mass is 10.1. The van der Waals surface area contributed by atoms with Crippen LogP contribution in [-0.2, 0) is 14.8 Å². The summed E-state index contributed by atoms with van der Waals surface area (Å²) in [5.74, 6) is 0.862. The van der Waals surface area contributed by atoms with Gasteiger partial charge in [0.25, 0.3) is 0 Å². The number of nitrogens with zero attached hydrogens (tertiary/aromatic N) is 1. The third-order valence-electron chi connectivity index (χ3n) is 5.19. The number of likely N-dealkylation sites (tertiary alicyclic amines) is 1. The number of amides is 1. The maximum Gasteiger partial charge on any atom is 0.240 e. The second kappa shape index (κ2) is 9.94. The second-order valence-corrected chi connectivity index (χ2v) is 10.3. The molecule has 0 saturated carbocycles. The van der Waals surface area contributed by atoms with Crippen LogP contribution in [-0.4, -0.2) is 45.0 Å². The van der Waals surface area contributed by atoms with Crippen molar-refractivity contribution < 1.29 is 17.9 Å². The number of benzene rings is 2. The van der Waals surface area contributed by atoms with E-state index in [1.54, 1.807) is 17.0 Å². The van der Waals surface area contributed by atoms with Gasteiger partial charge in [-0.25, -0.2) is 13.1 Å². The van der Waals surface area contributed by atoms with E-state index in [-0.39, 0.29) is 29.9 Å². The highest BCUT2D eigenvalue weighted by molar-refractivity contribution is 9.10. The van der Waals surface area contributed by atoms with Crippen molar-refractivity contribution in [1.29, 1.82) is 0 Å². The van der Waals surface area contributed by atoms with Gasteiger partial charge in [0, 0.05) is 43.4 Å². The van der Waals surface area contributed by atoms with E-state index < -0.39 is 10.0 Å². The topological polar surface area (TPSA) is 75.7 Å². The molecule has 3 rings (SSSR count). The minimum absolute atomic E-state index is 0.0429. The molecule has 1 aliphatic rings. The molecule has 1 aliphatic heterocycles. The number of aryl methyl sites for hydroxylation is 2. The molecule has 162 valence electrons. The van der Waals surface area contributed by atoms with Gasteiger partial charge < -0.3 is 9.64 Å². The van der Waals surface area contributed by atoms with Crippen LogP contribution in [0.4, 0.5) is 0 Å².